The lowest BCUT2D eigenvalue weighted by Crippen LogP contribution is -2.58. The second-order valence-corrected chi connectivity index (χ2v) is 10.3. The zero-order chi connectivity index (χ0) is 25.7. The SMILES string of the molecule is C=CCN(C(=O)C1N([C@H](C)CO)C(=O)[C@@H]2[C@H](C(=O)OCC)[C@]3(C)CCC12O3)c1c(C)cccc1Cl. The molecule has 1 N–H and O–H groups in total. The van der Waals surface area contributed by atoms with Crippen LogP contribution in [0.3, 0.4) is 0 Å². The summed E-state index contributed by atoms with van der Waals surface area (Å²) >= 11 is 6.53. The molecule has 3 aliphatic heterocycles. The molecule has 9 heteroatoms. The maximum absolute atomic E-state index is 14.4. The third-order valence-corrected chi connectivity index (χ3v) is 8.07. The van der Waals surface area contributed by atoms with Crippen LogP contribution in [-0.4, -0.2) is 70.8 Å². The summed E-state index contributed by atoms with van der Waals surface area (Å²) in [6.45, 7) is 10.9. The van der Waals surface area contributed by atoms with Crippen LogP contribution in [0.1, 0.15) is 39.2 Å². The molecule has 2 amide bonds. The van der Waals surface area contributed by atoms with Gasteiger partial charge in [-0.1, -0.05) is 29.8 Å². The number of aryl methyl sites for hydroxylation is 1. The Kier molecular flexibility index (Phi) is 6.76. The number of aliphatic hydroxyl groups excluding tert-OH is 1. The number of rotatable bonds is 8. The molecule has 0 saturated carbocycles. The van der Waals surface area contributed by atoms with Gasteiger partial charge in [0, 0.05) is 6.54 Å². The summed E-state index contributed by atoms with van der Waals surface area (Å²) < 4.78 is 11.9. The van der Waals surface area contributed by atoms with Crippen LogP contribution in [0.2, 0.25) is 5.02 Å². The summed E-state index contributed by atoms with van der Waals surface area (Å²) in [7, 11) is 0. The standard InChI is InChI=1S/C26H33ClN2O6/c1-6-13-28(20-15(3)9-8-10-17(20)27)23(32)21-26-12-11-25(5,35-26)19(24(33)34-7-2)18(26)22(31)29(21)16(4)14-30/h6,8-10,16,18-19,21,30H,1,7,11-14H2,2-5H3/t16-,18+,19-,21?,25+,26?/m1/s1. The minimum Gasteiger partial charge on any atom is -0.466 e. The number of esters is 1. The van der Waals surface area contributed by atoms with Gasteiger partial charge in [-0.05, 0) is 52.2 Å². The van der Waals surface area contributed by atoms with Gasteiger partial charge in [0.15, 0.2) is 0 Å². The van der Waals surface area contributed by atoms with Crippen LogP contribution < -0.4 is 4.90 Å². The maximum Gasteiger partial charge on any atom is 0.312 e. The summed E-state index contributed by atoms with van der Waals surface area (Å²) in [6, 6.07) is 3.66. The van der Waals surface area contributed by atoms with Crippen LogP contribution in [0.15, 0.2) is 30.9 Å². The molecule has 1 aromatic carbocycles. The van der Waals surface area contributed by atoms with Crippen LogP contribution >= 0.6 is 11.6 Å². The van der Waals surface area contributed by atoms with Crippen molar-refractivity contribution in [1.29, 1.82) is 0 Å². The average molecular weight is 505 g/mol. The highest BCUT2D eigenvalue weighted by atomic mass is 35.5. The lowest BCUT2D eigenvalue weighted by atomic mass is 9.66. The number of amides is 2. The van der Waals surface area contributed by atoms with Crippen LogP contribution in [0, 0.1) is 18.8 Å². The molecule has 1 spiro atoms. The van der Waals surface area contributed by atoms with Crippen molar-refractivity contribution in [3.8, 4) is 0 Å². The molecule has 1 aromatic rings. The van der Waals surface area contributed by atoms with Crippen molar-refractivity contribution < 1.29 is 29.0 Å². The van der Waals surface area contributed by atoms with E-state index in [4.69, 9.17) is 21.1 Å². The molecule has 3 heterocycles. The van der Waals surface area contributed by atoms with Crippen LogP contribution in [0.5, 0.6) is 0 Å². The highest BCUT2D eigenvalue weighted by Gasteiger charge is 2.79. The first-order chi connectivity index (χ1) is 16.6. The van der Waals surface area contributed by atoms with Crippen LogP contribution in [-0.2, 0) is 23.9 Å². The molecule has 3 aliphatic rings. The molecule has 3 saturated heterocycles. The fraction of sp³-hybridized carbons (Fsp3) is 0.577. The lowest BCUT2D eigenvalue weighted by molar-refractivity contribution is -0.160. The highest BCUT2D eigenvalue weighted by Crippen LogP contribution is 2.63. The first-order valence-electron chi connectivity index (χ1n) is 12.0. The van der Waals surface area contributed by atoms with Crippen molar-refractivity contribution in [3.63, 3.8) is 0 Å². The minimum absolute atomic E-state index is 0.161. The van der Waals surface area contributed by atoms with E-state index in [1.807, 2.05) is 19.9 Å². The summed E-state index contributed by atoms with van der Waals surface area (Å²) in [5.41, 5.74) is -0.800. The monoisotopic (exact) mass is 504 g/mol. The molecule has 0 aliphatic carbocycles. The topological polar surface area (TPSA) is 96.4 Å². The number of hydrogen-bond donors (Lipinski definition) is 1. The fourth-order valence-electron chi connectivity index (χ4n) is 6.33. The summed E-state index contributed by atoms with van der Waals surface area (Å²) in [5, 5.41) is 10.4. The van der Waals surface area contributed by atoms with Gasteiger partial charge in [-0.25, -0.2) is 0 Å². The predicted octanol–water partition coefficient (Wildman–Crippen LogP) is 2.88. The predicted molar refractivity (Wildman–Crippen MR) is 131 cm³/mol. The largest absolute Gasteiger partial charge is 0.466 e. The molecule has 2 unspecified atom stereocenters. The lowest BCUT2D eigenvalue weighted by Gasteiger charge is -2.39. The number of fused-ring (bicyclic) bond motifs is 1. The normalized spacial score (nSPS) is 31.9. The average Bonchev–Trinajstić information content (AvgIpc) is 3.38. The Bertz CT molecular complexity index is 1040. The second-order valence-electron chi connectivity index (χ2n) is 9.90. The number of hydrogen-bond acceptors (Lipinski definition) is 6. The van der Waals surface area contributed by atoms with E-state index in [0.717, 1.165) is 5.56 Å². The molecule has 4 rings (SSSR count). The Balaban J connectivity index is 1.86. The van der Waals surface area contributed by atoms with Crippen molar-refractivity contribution in [1.82, 2.24) is 4.90 Å². The number of para-hydroxylation sites is 1. The number of aliphatic hydroxyl groups is 1. The van der Waals surface area contributed by atoms with Gasteiger partial charge >= 0.3 is 5.97 Å². The number of ether oxygens (including phenoxy) is 2. The molecule has 3 fully saturated rings. The number of benzene rings is 1. The van der Waals surface area contributed by atoms with Crippen molar-refractivity contribution in [2.24, 2.45) is 11.8 Å². The molecule has 0 aromatic heterocycles. The number of halogens is 1. The fourth-order valence-corrected chi connectivity index (χ4v) is 6.65. The van der Waals surface area contributed by atoms with E-state index in [0.29, 0.717) is 23.6 Å². The molecule has 2 bridgehead atoms. The van der Waals surface area contributed by atoms with Gasteiger partial charge in [0.05, 0.1) is 41.5 Å². The molecule has 0 radical (unpaired) electrons. The van der Waals surface area contributed by atoms with E-state index in [-0.39, 0.29) is 31.6 Å². The number of nitrogens with zero attached hydrogens (tertiary/aromatic N) is 2. The van der Waals surface area contributed by atoms with E-state index in [2.05, 4.69) is 6.58 Å². The highest BCUT2D eigenvalue weighted by molar-refractivity contribution is 6.34. The van der Waals surface area contributed by atoms with E-state index in [9.17, 15) is 19.5 Å². The molecule has 35 heavy (non-hydrogen) atoms. The summed E-state index contributed by atoms with van der Waals surface area (Å²) in [5.74, 6) is -2.96. The molecular formula is C26H33ClN2O6. The first-order valence-corrected chi connectivity index (χ1v) is 12.4. The number of anilines is 1. The molecule has 8 nitrogen and oxygen atoms in total. The van der Waals surface area contributed by atoms with Gasteiger partial charge in [0.1, 0.15) is 17.6 Å². The Morgan fingerprint density at radius 2 is 2.14 bits per heavy atom. The zero-order valence-corrected chi connectivity index (χ0v) is 21.4. The number of likely N-dealkylation sites (tertiary alicyclic amines) is 1. The van der Waals surface area contributed by atoms with Gasteiger partial charge in [-0.2, -0.15) is 0 Å². The van der Waals surface area contributed by atoms with Gasteiger partial charge in [0.2, 0.25) is 5.91 Å². The van der Waals surface area contributed by atoms with Gasteiger partial charge in [0.25, 0.3) is 5.91 Å². The van der Waals surface area contributed by atoms with E-state index >= 15 is 0 Å². The van der Waals surface area contributed by atoms with E-state index < -0.39 is 41.1 Å². The maximum atomic E-state index is 14.4. The third kappa shape index (κ3) is 3.69. The van der Waals surface area contributed by atoms with E-state index in [1.165, 1.54) is 9.80 Å². The first kappa shape index (κ1) is 25.7. The third-order valence-electron chi connectivity index (χ3n) is 7.76. The van der Waals surface area contributed by atoms with Gasteiger partial charge in [-0.15, -0.1) is 6.58 Å². The Morgan fingerprint density at radius 3 is 2.74 bits per heavy atom. The van der Waals surface area contributed by atoms with Crippen molar-refractivity contribution >= 4 is 35.1 Å². The number of carbonyl (C=O) groups excluding carboxylic acids is 3. The van der Waals surface area contributed by atoms with Crippen molar-refractivity contribution in [2.45, 2.75) is 63.8 Å². The van der Waals surface area contributed by atoms with Crippen molar-refractivity contribution in [3.05, 3.63) is 41.4 Å². The molecule has 6 atom stereocenters. The van der Waals surface area contributed by atoms with Crippen molar-refractivity contribution in [2.75, 3.05) is 24.7 Å². The zero-order valence-electron chi connectivity index (χ0n) is 20.6. The summed E-state index contributed by atoms with van der Waals surface area (Å²) in [4.78, 5) is 44.3. The molecular weight excluding hydrogens is 472 g/mol. The minimum atomic E-state index is -1.21. The van der Waals surface area contributed by atoms with Gasteiger partial charge in [-0.3, -0.25) is 14.4 Å². The second kappa shape index (κ2) is 9.22. The van der Waals surface area contributed by atoms with Crippen LogP contribution in [0.4, 0.5) is 5.69 Å². The Hall–Kier alpha value is -2.42. The Labute approximate surface area is 210 Å². The number of carbonyl (C=O) groups is 3. The van der Waals surface area contributed by atoms with Gasteiger partial charge < -0.3 is 24.4 Å². The molecule has 190 valence electrons. The Morgan fingerprint density at radius 1 is 1.43 bits per heavy atom. The quantitative estimate of drug-likeness (QED) is 0.432. The smallest absolute Gasteiger partial charge is 0.312 e. The van der Waals surface area contributed by atoms with E-state index in [1.54, 1.807) is 32.1 Å². The summed E-state index contributed by atoms with van der Waals surface area (Å²) in [6.07, 6.45) is 2.55. The van der Waals surface area contributed by atoms with Crippen LogP contribution in [0.25, 0.3) is 0 Å².